The summed E-state index contributed by atoms with van der Waals surface area (Å²) in [5.41, 5.74) is 1.39. The molecule has 3 fully saturated rings. The molecule has 29 heavy (non-hydrogen) atoms. The van der Waals surface area contributed by atoms with Crippen LogP contribution in [0.1, 0.15) is 36.0 Å². The molecule has 2 aromatic rings. The van der Waals surface area contributed by atoms with Gasteiger partial charge in [0.1, 0.15) is 6.33 Å². The van der Waals surface area contributed by atoms with E-state index in [2.05, 4.69) is 15.0 Å². The third kappa shape index (κ3) is 3.97. The molecule has 2 N–H and O–H groups in total. The number of fused-ring (bicyclic) bond motifs is 2. The zero-order valence-electron chi connectivity index (χ0n) is 16.3. The van der Waals surface area contributed by atoms with Crippen molar-refractivity contribution in [3.8, 4) is 0 Å². The molecule has 2 saturated heterocycles. The molecule has 9 heteroatoms. The molecule has 3 aliphatic rings. The number of amides is 1. The molecule has 0 radical (unpaired) electrons. The summed E-state index contributed by atoms with van der Waals surface area (Å²) in [5.74, 6) is 0.981. The molecule has 0 bridgehead atoms. The van der Waals surface area contributed by atoms with Gasteiger partial charge in [-0.3, -0.25) is 14.5 Å². The van der Waals surface area contributed by atoms with Gasteiger partial charge in [-0.05, 0) is 62.7 Å². The molecule has 2 aromatic heterocycles. The molecule has 0 aromatic carbocycles. The number of rotatable bonds is 2. The minimum absolute atomic E-state index is 0.0593. The summed E-state index contributed by atoms with van der Waals surface area (Å²) < 4.78 is 1.64. The third-order valence-corrected chi connectivity index (χ3v) is 6.53. The van der Waals surface area contributed by atoms with E-state index in [0.717, 1.165) is 44.7 Å². The van der Waals surface area contributed by atoms with E-state index in [1.54, 1.807) is 10.7 Å². The van der Waals surface area contributed by atoms with Gasteiger partial charge >= 0.3 is 0 Å². The van der Waals surface area contributed by atoms with Crippen LogP contribution in [0.15, 0.2) is 24.7 Å². The Balaban J connectivity index is 0.000000645. The molecular formula is C20H27N5O4. The number of carboxylic acid groups (broad SMARTS) is 1. The number of aliphatic hydroxyl groups is 1. The Morgan fingerprint density at radius 1 is 1.14 bits per heavy atom. The fourth-order valence-corrected chi connectivity index (χ4v) is 5.16. The van der Waals surface area contributed by atoms with Gasteiger partial charge in [-0.25, -0.2) is 9.50 Å². The molecule has 9 nitrogen and oxygen atoms in total. The van der Waals surface area contributed by atoms with Crippen molar-refractivity contribution in [3.05, 3.63) is 30.2 Å². The Kier molecular flexibility index (Phi) is 5.77. The Hall–Kier alpha value is -2.52. The largest absolute Gasteiger partial charge is 0.483 e. The van der Waals surface area contributed by atoms with Crippen LogP contribution in [-0.2, 0) is 4.79 Å². The Labute approximate surface area is 168 Å². The second kappa shape index (κ2) is 8.46. The lowest BCUT2D eigenvalue weighted by molar-refractivity contribution is -0.122. The minimum Gasteiger partial charge on any atom is -0.483 e. The van der Waals surface area contributed by atoms with E-state index < -0.39 is 0 Å². The summed E-state index contributed by atoms with van der Waals surface area (Å²) in [6.45, 7) is 3.53. The standard InChI is InChI=1S/C19H25N5O2.CH2O2/c25-17-8-15-10-23(9-14(15)7-16(17)22-5-1-2-6-22)19(26)13-3-4-18-20-12-21-24(18)11-13;2-1-3/h3-4,11-12,14-17,25H,1-2,5-10H2;1H,(H,2,3)/t14-,15+,16-,17-;/m1./s1. The van der Waals surface area contributed by atoms with Crippen molar-refractivity contribution in [1.29, 1.82) is 0 Å². The van der Waals surface area contributed by atoms with Gasteiger partial charge in [0.05, 0.1) is 11.7 Å². The average molecular weight is 401 g/mol. The number of carbonyl (C=O) groups is 2. The second-order valence-electron chi connectivity index (χ2n) is 8.17. The van der Waals surface area contributed by atoms with E-state index in [1.165, 1.54) is 19.2 Å². The number of hydrogen-bond donors (Lipinski definition) is 2. The number of pyridine rings is 1. The molecular weight excluding hydrogens is 374 g/mol. The van der Waals surface area contributed by atoms with Crippen LogP contribution in [0.4, 0.5) is 0 Å². The van der Waals surface area contributed by atoms with Crippen LogP contribution < -0.4 is 0 Å². The number of likely N-dealkylation sites (tertiary alicyclic amines) is 2. The van der Waals surface area contributed by atoms with E-state index in [0.29, 0.717) is 17.4 Å². The summed E-state index contributed by atoms with van der Waals surface area (Å²) in [6.07, 6.45) is 7.31. The number of hydrogen-bond acceptors (Lipinski definition) is 6. The molecule has 0 spiro atoms. The molecule has 1 amide bonds. The molecule has 2 aliphatic heterocycles. The van der Waals surface area contributed by atoms with E-state index in [-0.39, 0.29) is 24.5 Å². The van der Waals surface area contributed by atoms with Crippen LogP contribution in [0.3, 0.4) is 0 Å². The van der Waals surface area contributed by atoms with Crippen LogP contribution in [0, 0.1) is 11.8 Å². The van der Waals surface area contributed by atoms with E-state index >= 15 is 0 Å². The summed E-state index contributed by atoms with van der Waals surface area (Å²) in [5, 5.41) is 21.7. The van der Waals surface area contributed by atoms with E-state index in [1.807, 2.05) is 17.0 Å². The van der Waals surface area contributed by atoms with Gasteiger partial charge in [0.25, 0.3) is 12.4 Å². The van der Waals surface area contributed by atoms with Crippen molar-refractivity contribution in [2.24, 2.45) is 11.8 Å². The molecule has 4 heterocycles. The molecule has 1 saturated carbocycles. The van der Waals surface area contributed by atoms with Crippen molar-refractivity contribution >= 4 is 18.0 Å². The molecule has 156 valence electrons. The van der Waals surface area contributed by atoms with Gasteiger partial charge in [0, 0.05) is 25.3 Å². The maximum atomic E-state index is 13.0. The third-order valence-electron chi connectivity index (χ3n) is 6.53. The predicted molar refractivity (Wildman–Crippen MR) is 104 cm³/mol. The van der Waals surface area contributed by atoms with Gasteiger partial charge in [-0.2, -0.15) is 5.10 Å². The lowest BCUT2D eigenvalue weighted by Gasteiger charge is -2.40. The van der Waals surface area contributed by atoms with Crippen LogP contribution in [-0.4, -0.2) is 85.3 Å². The summed E-state index contributed by atoms with van der Waals surface area (Å²) >= 11 is 0. The molecule has 0 unspecified atom stereocenters. The highest BCUT2D eigenvalue weighted by Crippen LogP contribution is 2.39. The van der Waals surface area contributed by atoms with Gasteiger partial charge in [-0.1, -0.05) is 0 Å². The first-order valence-electron chi connectivity index (χ1n) is 10.2. The highest BCUT2D eigenvalue weighted by Gasteiger charge is 2.45. The maximum Gasteiger partial charge on any atom is 0.290 e. The van der Waals surface area contributed by atoms with Crippen molar-refractivity contribution in [1.82, 2.24) is 24.4 Å². The SMILES string of the molecule is O=C(c1ccc2ncnn2c1)N1C[C@H]2C[C@@H](N3CCCC3)[C@H](O)C[C@H]2C1.O=CO. The van der Waals surface area contributed by atoms with Crippen LogP contribution in [0.5, 0.6) is 0 Å². The first kappa shape index (κ1) is 19.8. The lowest BCUT2D eigenvalue weighted by Crippen LogP contribution is -2.48. The number of aromatic nitrogens is 3. The number of aliphatic hydroxyl groups excluding tert-OH is 1. The van der Waals surface area contributed by atoms with E-state index in [9.17, 15) is 9.90 Å². The van der Waals surface area contributed by atoms with E-state index in [4.69, 9.17) is 9.90 Å². The fraction of sp³-hybridized carbons (Fsp3) is 0.600. The van der Waals surface area contributed by atoms with Gasteiger partial charge < -0.3 is 15.1 Å². The molecule has 5 rings (SSSR count). The normalized spacial score (nSPS) is 29.3. The highest BCUT2D eigenvalue weighted by molar-refractivity contribution is 5.94. The summed E-state index contributed by atoms with van der Waals surface area (Å²) in [6, 6.07) is 3.94. The topological polar surface area (TPSA) is 111 Å². The van der Waals surface area contributed by atoms with Gasteiger partial charge in [-0.15, -0.1) is 0 Å². The van der Waals surface area contributed by atoms with Crippen molar-refractivity contribution in [3.63, 3.8) is 0 Å². The number of nitrogens with zero attached hydrogens (tertiary/aromatic N) is 5. The summed E-state index contributed by atoms with van der Waals surface area (Å²) in [4.78, 5) is 29.9. The zero-order valence-corrected chi connectivity index (χ0v) is 16.3. The lowest BCUT2D eigenvalue weighted by atomic mass is 9.77. The van der Waals surface area contributed by atoms with Crippen LogP contribution in [0.25, 0.3) is 5.65 Å². The monoisotopic (exact) mass is 401 g/mol. The highest BCUT2D eigenvalue weighted by atomic mass is 16.3. The first-order valence-corrected chi connectivity index (χ1v) is 10.2. The molecule has 4 atom stereocenters. The van der Waals surface area contributed by atoms with Crippen LogP contribution >= 0.6 is 0 Å². The molecule has 1 aliphatic carbocycles. The average Bonchev–Trinajstić information content (AvgIpc) is 3.46. The van der Waals surface area contributed by atoms with Crippen molar-refractivity contribution in [2.75, 3.05) is 26.2 Å². The first-order chi connectivity index (χ1) is 14.1. The minimum atomic E-state index is -0.254. The fourth-order valence-electron chi connectivity index (χ4n) is 5.16. The van der Waals surface area contributed by atoms with Crippen molar-refractivity contribution in [2.45, 2.75) is 37.8 Å². The Morgan fingerprint density at radius 3 is 2.55 bits per heavy atom. The smallest absolute Gasteiger partial charge is 0.290 e. The maximum absolute atomic E-state index is 13.0. The van der Waals surface area contributed by atoms with Crippen LogP contribution in [0.2, 0.25) is 0 Å². The summed E-state index contributed by atoms with van der Waals surface area (Å²) in [7, 11) is 0. The van der Waals surface area contributed by atoms with Gasteiger partial charge in [0.15, 0.2) is 5.65 Å². The van der Waals surface area contributed by atoms with Crippen molar-refractivity contribution < 1.29 is 19.8 Å². The predicted octanol–water partition coefficient (Wildman–Crippen LogP) is 0.737. The zero-order chi connectivity index (χ0) is 20.4. The Morgan fingerprint density at radius 2 is 1.83 bits per heavy atom. The quantitative estimate of drug-likeness (QED) is 0.714. The van der Waals surface area contributed by atoms with Gasteiger partial charge in [0.2, 0.25) is 0 Å². The Bertz CT molecular complexity index is 865. The number of carbonyl (C=O) groups excluding carboxylic acids is 1. The second-order valence-corrected chi connectivity index (χ2v) is 8.17.